The lowest BCUT2D eigenvalue weighted by Crippen LogP contribution is -2.55. The number of amides is 1. The van der Waals surface area contributed by atoms with E-state index in [1.165, 1.54) is 0 Å². The van der Waals surface area contributed by atoms with E-state index in [-0.39, 0.29) is 18.2 Å². The molecular formula is C13H26N2O3. The molecule has 0 aromatic heterocycles. The normalized spacial score (nSPS) is 23.9. The molecule has 0 aliphatic carbocycles. The van der Waals surface area contributed by atoms with Crippen molar-refractivity contribution in [2.75, 3.05) is 26.2 Å². The molecule has 1 N–H and O–H groups in total. The number of carbonyl (C=O) groups excluding carboxylic acids is 1. The van der Waals surface area contributed by atoms with Crippen molar-refractivity contribution >= 4 is 6.09 Å². The van der Waals surface area contributed by atoms with Gasteiger partial charge in [0.05, 0.1) is 6.10 Å². The fourth-order valence-electron chi connectivity index (χ4n) is 2.16. The number of aliphatic hydroxyl groups is 1. The average molecular weight is 258 g/mol. The highest BCUT2D eigenvalue weighted by Crippen LogP contribution is 2.15. The summed E-state index contributed by atoms with van der Waals surface area (Å²) >= 11 is 0. The molecule has 1 fully saturated rings. The summed E-state index contributed by atoms with van der Waals surface area (Å²) in [4.78, 5) is 15.9. The number of hydrogen-bond acceptors (Lipinski definition) is 4. The molecule has 106 valence electrons. The highest BCUT2D eigenvalue weighted by Gasteiger charge is 2.30. The molecular weight excluding hydrogens is 232 g/mol. The van der Waals surface area contributed by atoms with Gasteiger partial charge in [0.25, 0.3) is 0 Å². The molecule has 1 aliphatic heterocycles. The number of nitrogens with zero attached hydrogens (tertiary/aromatic N) is 2. The third kappa shape index (κ3) is 4.82. The molecule has 0 saturated carbocycles. The fourth-order valence-corrected chi connectivity index (χ4v) is 2.16. The molecule has 1 saturated heterocycles. The predicted octanol–water partition coefficient (Wildman–Crippen LogP) is 1.31. The summed E-state index contributed by atoms with van der Waals surface area (Å²) in [5.41, 5.74) is -0.451. The summed E-state index contributed by atoms with van der Waals surface area (Å²) < 4.78 is 5.38. The molecule has 1 aliphatic rings. The smallest absolute Gasteiger partial charge is 0.410 e. The van der Waals surface area contributed by atoms with Crippen LogP contribution in [0, 0.1) is 0 Å². The van der Waals surface area contributed by atoms with Crippen molar-refractivity contribution in [1.82, 2.24) is 9.80 Å². The van der Waals surface area contributed by atoms with Crippen LogP contribution in [0.4, 0.5) is 4.79 Å². The van der Waals surface area contributed by atoms with Crippen LogP contribution < -0.4 is 0 Å². The minimum atomic E-state index is -0.451. The van der Waals surface area contributed by atoms with Crippen LogP contribution >= 0.6 is 0 Å². The van der Waals surface area contributed by atoms with Crippen molar-refractivity contribution in [1.29, 1.82) is 0 Å². The van der Waals surface area contributed by atoms with E-state index in [0.29, 0.717) is 13.1 Å². The Labute approximate surface area is 110 Å². The number of piperazine rings is 1. The first-order chi connectivity index (χ1) is 8.19. The van der Waals surface area contributed by atoms with Crippen LogP contribution in [0.25, 0.3) is 0 Å². The van der Waals surface area contributed by atoms with Gasteiger partial charge < -0.3 is 14.7 Å². The predicted molar refractivity (Wildman–Crippen MR) is 70.5 cm³/mol. The SMILES string of the molecule is CC(O)CN1CCN(C(=O)OC(C)(C)C)C(C)C1. The summed E-state index contributed by atoms with van der Waals surface area (Å²) in [7, 11) is 0. The van der Waals surface area contributed by atoms with E-state index in [4.69, 9.17) is 4.74 Å². The van der Waals surface area contributed by atoms with Gasteiger partial charge >= 0.3 is 6.09 Å². The summed E-state index contributed by atoms with van der Waals surface area (Å²) in [5, 5.41) is 9.37. The second kappa shape index (κ2) is 5.89. The molecule has 5 heteroatoms. The van der Waals surface area contributed by atoms with E-state index in [9.17, 15) is 9.90 Å². The molecule has 0 aromatic rings. The van der Waals surface area contributed by atoms with Crippen molar-refractivity contribution in [3.8, 4) is 0 Å². The fraction of sp³-hybridized carbons (Fsp3) is 0.923. The van der Waals surface area contributed by atoms with E-state index in [0.717, 1.165) is 13.1 Å². The van der Waals surface area contributed by atoms with Crippen LogP contribution in [0.5, 0.6) is 0 Å². The molecule has 18 heavy (non-hydrogen) atoms. The largest absolute Gasteiger partial charge is 0.444 e. The third-order valence-corrected chi connectivity index (χ3v) is 2.86. The Hall–Kier alpha value is -0.810. The minimum Gasteiger partial charge on any atom is -0.444 e. The summed E-state index contributed by atoms with van der Waals surface area (Å²) in [6, 6.07) is 0.118. The molecule has 1 amide bonds. The van der Waals surface area contributed by atoms with Crippen molar-refractivity contribution < 1.29 is 14.6 Å². The summed E-state index contributed by atoms with van der Waals surface area (Å²) in [5.74, 6) is 0. The molecule has 5 nitrogen and oxygen atoms in total. The first-order valence-electron chi connectivity index (χ1n) is 6.59. The topological polar surface area (TPSA) is 53.0 Å². The van der Waals surface area contributed by atoms with Gasteiger partial charge in [-0.1, -0.05) is 0 Å². The van der Waals surface area contributed by atoms with Gasteiger partial charge in [0, 0.05) is 32.2 Å². The number of β-amino-alcohol motifs (C(OH)–C–C–N with tert-alkyl or cyclic N) is 1. The Morgan fingerprint density at radius 1 is 1.44 bits per heavy atom. The zero-order chi connectivity index (χ0) is 13.9. The molecule has 2 unspecified atom stereocenters. The van der Waals surface area contributed by atoms with Crippen LogP contribution in [-0.4, -0.2) is 64.9 Å². The quantitative estimate of drug-likeness (QED) is 0.811. The van der Waals surface area contributed by atoms with Crippen LogP contribution in [0.1, 0.15) is 34.6 Å². The van der Waals surface area contributed by atoms with E-state index in [1.54, 1.807) is 11.8 Å². The van der Waals surface area contributed by atoms with Crippen molar-refractivity contribution in [3.05, 3.63) is 0 Å². The van der Waals surface area contributed by atoms with Crippen molar-refractivity contribution in [2.24, 2.45) is 0 Å². The maximum absolute atomic E-state index is 12.0. The summed E-state index contributed by atoms with van der Waals surface area (Å²) in [6.07, 6.45) is -0.572. The maximum Gasteiger partial charge on any atom is 0.410 e. The van der Waals surface area contributed by atoms with Crippen molar-refractivity contribution in [3.63, 3.8) is 0 Å². The second-order valence-corrected chi connectivity index (χ2v) is 6.13. The molecule has 0 radical (unpaired) electrons. The number of ether oxygens (including phenoxy) is 1. The van der Waals surface area contributed by atoms with Gasteiger partial charge in [0.1, 0.15) is 5.60 Å². The zero-order valence-corrected chi connectivity index (χ0v) is 12.1. The van der Waals surface area contributed by atoms with Crippen LogP contribution in [0.2, 0.25) is 0 Å². The minimum absolute atomic E-state index is 0.118. The first kappa shape index (κ1) is 15.2. The average Bonchev–Trinajstić information content (AvgIpc) is 2.13. The Morgan fingerprint density at radius 3 is 2.50 bits per heavy atom. The van der Waals surface area contributed by atoms with E-state index in [2.05, 4.69) is 4.90 Å². The number of aliphatic hydroxyl groups excluding tert-OH is 1. The first-order valence-corrected chi connectivity index (χ1v) is 6.59. The van der Waals surface area contributed by atoms with Gasteiger partial charge in [0.2, 0.25) is 0 Å². The van der Waals surface area contributed by atoms with E-state index in [1.807, 2.05) is 27.7 Å². The monoisotopic (exact) mass is 258 g/mol. The van der Waals surface area contributed by atoms with E-state index >= 15 is 0 Å². The van der Waals surface area contributed by atoms with Gasteiger partial charge in [-0.15, -0.1) is 0 Å². The lowest BCUT2D eigenvalue weighted by atomic mass is 10.2. The molecule has 0 spiro atoms. The molecule has 1 heterocycles. The highest BCUT2D eigenvalue weighted by molar-refractivity contribution is 5.68. The Kier molecular flexibility index (Phi) is 4.99. The maximum atomic E-state index is 12.0. The standard InChI is InChI=1S/C13H26N2O3/c1-10-8-14(9-11(2)16)6-7-15(10)12(17)18-13(3,4)5/h10-11,16H,6-9H2,1-5H3. The van der Waals surface area contributed by atoms with Gasteiger partial charge in [-0.05, 0) is 34.6 Å². The van der Waals surface area contributed by atoms with Gasteiger partial charge in [-0.3, -0.25) is 4.90 Å². The molecule has 0 aromatic carbocycles. The van der Waals surface area contributed by atoms with Crippen LogP contribution in [0.3, 0.4) is 0 Å². The van der Waals surface area contributed by atoms with Crippen LogP contribution in [-0.2, 0) is 4.74 Å². The van der Waals surface area contributed by atoms with Crippen molar-refractivity contribution in [2.45, 2.75) is 52.4 Å². The van der Waals surface area contributed by atoms with Gasteiger partial charge in [-0.25, -0.2) is 4.79 Å². The van der Waals surface area contributed by atoms with Gasteiger partial charge in [-0.2, -0.15) is 0 Å². The Morgan fingerprint density at radius 2 is 2.06 bits per heavy atom. The number of hydrogen-bond donors (Lipinski definition) is 1. The Balaban J connectivity index is 2.49. The highest BCUT2D eigenvalue weighted by atomic mass is 16.6. The number of carbonyl (C=O) groups is 1. The van der Waals surface area contributed by atoms with Crippen LogP contribution in [0.15, 0.2) is 0 Å². The third-order valence-electron chi connectivity index (χ3n) is 2.86. The van der Waals surface area contributed by atoms with Gasteiger partial charge in [0.15, 0.2) is 0 Å². The molecule has 1 rings (SSSR count). The molecule has 2 atom stereocenters. The second-order valence-electron chi connectivity index (χ2n) is 6.13. The number of rotatable bonds is 2. The Bertz CT molecular complexity index is 286. The zero-order valence-electron chi connectivity index (χ0n) is 12.1. The van der Waals surface area contributed by atoms with E-state index < -0.39 is 5.60 Å². The molecule has 0 bridgehead atoms. The lowest BCUT2D eigenvalue weighted by molar-refractivity contribution is -0.00307. The lowest BCUT2D eigenvalue weighted by Gasteiger charge is -2.40. The summed E-state index contributed by atoms with van der Waals surface area (Å²) in [6.45, 7) is 12.3.